The molecule has 0 bridgehead atoms. The second kappa shape index (κ2) is 3.72. The summed E-state index contributed by atoms with van der Waals surface area (Å²) in [7, 11) is 1.29. The molecule has 0 unspecified atom stereocenters. The van der Waals surface area contributed by atoms with Gasteiger partial charge in [-0.1, -0.05) is 0 Å². The lowest BCUT2D eigenvalue weighted by molar-refractivity contribution is 0.0601. The van der Waals surface area contributed by atoms with E-state index >= 15 is 0 Å². The van der Waals surface area contributed by atoms with E-state index in [2.05, 4.69) is 20.0 Å². The molecule has 1 saturated carbocycles. The smallest absolute Gasteiger partial charge is 0.343 e. The van der Waals surface area contributed by atoms with Crippen molar-refractivity contribution in [2.24, 2.45) is 0 Å². The first kappa shape index (κ1) is 9.70. The van der Waals surface area contributed by atoms with Gasteiger partial charge in [0.25, 0.3) is 0 Å². The number of hydrogen-bond acceptors (Lipinski definition) is 6. The lowest BCUT2D eigenvalue weighted by atomic mass is 10.3. The van der Waals surface area contributed by atoms with Crippen LogP contribution in [0.3, 0.4) is 0 Å². The molecule has 0 spiro atoms. The van der Waals surface area contributed by atoms with E-state index < -0.39 is 5.97 Å². The Morgan fingerprint density at radius 1 is 1.67 bits per heavy atom. The largest absolute Gasteiger partial charge is 0.465 e. The molecule has 0 aliphatic heterocycles. The van der Waals surface area contributed by atoms with Crippen LogP contribution in [0.25, 0.3) is 0 Å². The summed E-state index contributed by atoms with van der Waals surface area (Å²) in [4.78, 5) is 19.1. The minimum absolute atomic E-state index is 0.139. The molecule has 0 amide bonds. The molecule has 1 aromatic rings. The average Bonchev–Trinajstić information content (AvgIpc) is 3.01. The van der Waals surface area contributed by atoms with E-state index in [9.17, 15) is 4.79 Å². The van der Waals surface area contributed by atoms with E-state index in [0.29, 0.717) is 12.0 Å². The molecule has 3 N–H and O–H groups in total. The number of carbonyl (C=O) groups excluding carboxylic acids is 1. The molecule has 0 saturated heterocycles. The molecule has 1 aliphatic carbocycles. The SMILES string of the molecule is COC(=O)c1cnc(NC2CC2)nc1N. The highest BCUT2D eigenvalue weighted by molar-refractivity contribution is 5.93. The molecular weight excluding hydrogens is 196 g/mol. The summed E-state index contributed by atoms with van der Waals surface area (Å²) in [6.45, 7) is 0. The molecule has 6 heteroatoms. The third-order valence-electron chi connectivity index (χ3n) is 2.13. The number of rotatable bonds is 3. The number of nitrogens with zero attached hydrogens (tertiary/aromatic N) is 2. The van der Waals surface area contributed by atoms with Crippen molar-refractivity contribution < 1.29 is 9.53 Å². The normalized spacial score (nSPS) is 14.7. The summed E-state index contributed by atoms with van der Waals surface area (Å²) in [6.07, 6.45) is 3.63. The van der Waals surface area contributed by atoms with Gasteiger partial charge in [-0.15, -0.1) is 0 Å². The van der Waals surface area contributed by atoms with E-state index in [1.165, 1.54) is 13.3 Å². The van der Waals surface area contributed by atoms with Gasteiger partial charge in [0.1, 0.15) is 11.4 Å². The van der Waals surface area contributed by atoms with Gasteiger partial charge in [0.2, 0.25) is 5.95 Å². The van der Waals surface area contributed by atoms with Crippen LogP contribution in [0.2, 0.25) is 0 Å². The summed E-state index contributed by atoms with van der Waals surface area (Å²) in [5, 5.41) is 3.09. The molecule has 0 aromatic carbocycles. The monoisotopic (exact) mass is 208 g/mol. The minimum atomic E-state index is -0.523. The van der Waals surface area contributed by atoms with Gasteiger partial charge in [0.15, 0.2) is 0 Å². The van der Waals surface area contributed by atoms with E-state index in [-0.39, 0.29) is 11.4 Å². The third kappa shape index (κ3) is 2.15. The Kier molecular flexibility index (Phi) is 2.40. The van der Waals surface area contributed by atoms with Crippen molar-refractivity contribution in [2.45, 2.75) is 18.9 Å². The zero-order valence-electron chi connectivity index (χ0n) is 8.36. The average molecular weight is 208 g/mol. The zero-order chi connectivity index (χ0) is 10.8. The summed E-state index contributed by atoms with van der Waals surface area (Å²) in [5.74, 6) is 0.0770. The van der Waals surface area contributed by atoms with Crippen molar-refractivity contribution in [2.75, 3.05) is 18.2 Å². The van der Waals surface area contributed by atoms with Crippen LogP contribution in [-0.4, -0.2) is 29.1 Å². The highest BCUT2D eigenvalue weighted by atomic mass is 16.5. The van der Waals surface area contributed by atoms with Gasteiger partial charge in [-0.3, -0.25) is 0 Å². The zero-order valence-corrected chi connectivity index (χ0v) is 8.36. The Balaban J connectivity index is 2.17. The molecule has 1 fully saturated rings. The van der Waals surface area contributed by atoms with Crippen LogP contribution in [0.15, 0.2) is 6.20 Å². The quantitative estimate of drug-likeness (QED) is 0.699. The van der Waals surface area contributed by atoms with Crippen molar-refractivity contribution in [1.82, 2.24) is 9.97 Å². The maximum Gasteiger partial charge on any atom is 0.343 e. The maximum absolute atomic E-state index is 11.2. The molecule has 1 heterocycles. The first-order valence-electron chi connectivity index (χ1n) is 4.68. The standard InChI is InChI=1S/C9H12N4O2/c1-15-8(14)6-4-11-9(13-7(6)10)12-5-2-3-5/h4-5H,2-3H2,1H3,(H3,10,11,12,13). The molecule has 6 nitrogen and oxygen atoms in total. The Bertz CT molecular complexity index is 390. The van der Waals surface area contributed by atoms with Gasteiger partial charge in [-0.2, -0.15) is 4.98 Å². The number of carbonyl (C=O) groups is 1. The molecule has 0 radical (unpaired) electrons. The van der Waals surface area contributed by atoms with Gasteiger partial charge < -0.3 is 15.8 Å². The molecule has 0 atom stereocenters. The van der Waals surface area contributed by atoms with Crippen LogP contribution in [0, 0.1) is 0 Å². The fourth-order valence-corrected chi connectivity index (χ4v) is 1.14. The number of esters is 1. The second-order valence-electron chi connectivity index (χ2n) is 3.40. The van der Waals surface area contributed by atoms with Crippen molar-refractivity contribution >= 4 is 17.7 Å². The van der Waals surface area contributed by atoms with E-state index in [1.807, 2.05) is 0 Å². The minimum Gasteiger partial charge on any atom is -0.465 e. The number of nitrogens with one attached hydrogen (secondary N) is 1. The van der Waals surface area contributed by atoms with E-state index in [4.69, 9.17) is 5.73 Å². The van der Waals surface area contributed by atoms with Crippen molar-refractivity contribution in [1.29, 1.82) is 0 Å². The van der Waals surface area contributed by atoms with Crippen LogP contribution >= 0.6 is 0 Å². The topological polar surface area (TPSA) is 90.1 Å². The van der Waals surface area contributed by atoms with Gasteiger partial charge in [-0.25, -0.2) is 9.78 Å². The van der Waals surface area contributed by atoms with Crippen LogP contribution in [-0.2, 0) is 4.74 Å². The molecule has 15 heavy (non-hydrogen) atoms. The van der Waals surface area contributed by atoms with Crippen molar-refractivity contribution in [3.05, 3.63) is 11.8 Å². The summed E-state index contributed by atoms with van der Waals surface area (Å²) >= 11 is 0. The number of anilines is 2. The van der Waals surface area contributed by atoms with Crippen LogP contribution in [0.4, 0.5) is 11.8 Å². The number of nitrogens with two attached hydrogens (primary N) is 1. The van der Waals surface area contributed by atoms with Gasteiger partial charge in [0.05, 0.1) is 7.11 Å². The Hall–Kier alpha value is -1.85. The maximum atomic E-state index is 11.2. The lowest BCUT2D eigenvalue weighted by Gasteiger charge is -2.05. The fraction of sp³-hybridized carbons (Fsp3) is 0.444. The predicted molar refractivity (Wildman–Crippen MR) is 54.4 cm³/mol. The van der Waals surface area contributed by atoms with Crippen molar-refractivity contribution in [3.8, 4) is 0 Å². The fourth-order valence-electron chi connectivity index (χ4n) is 1.14. The summed E-state index contributed by atoms with van der Waals surface area (Å²) in [6, 6.07) is 0.452. The van der Waals surface area contributed by atoms with Gasteiger partial charge >= 0.3 is 5.97 Å². The Labute approximate surface area is 86.9 Å². The Morgan fingerprint density at radius 3 is 2.93 bits per heavy atom. The second-order valence-corrected chi connectivity index (χ2v) is 3.40. The number of methoxy groups -OCH3 is 1. The number of nitrogen functional groups attached to an aromatic ring is 1. The van der Waals surface area contributed by atoms with Crippen LogP contribution in [0.1, 0.15) is 23.2 Å². The van der Waals surface area contributed by atoms with Crippen molar-refractivity contribution in [3.63, 3.8) is 0 Å². The predicted octanol–water partition coefficient (Wildman–Crippen LogP) is 0.420. The first-order chi connectivity index (χ1) is 7.20. The van der Waals surface area contributed by atoms with Crippen LogP contribution < -0.4 is 11.1 Å². The molecule has 1 aliphatic rings. The van der Waals surface area contributed by atoms with Gasteiger partial charge in [0, 0.05) is 12.2 Å². The molecule has 2 rings (SSSR count). The lowest BCUT2D eigenvalue weighted by Crippen LogP contribution is -2.12. The Morgan fingerprint density at radius 2 is 2.40 bits per heavy atom. The number of aromatic nitrogens is 2. The van der Waals surface area contributed by atoms with E-state index in [1.54, 1.807) is 0 Å². The van der Waals surface area contributed by atoms with Gasteiger partial charge in [-0.05, 0) is 12.8 Å². The highest BCUT2D eigenvalue weighted by Gasteiger charge is 2.22. The number of ether oxygens (including phenoxy) is 1. The third-order valence-corrected chi connectivity index (χ3v) is 2.13. The summed E-state index contributed by atoms with van der Waals surface area (Å²) in [5.41, 5.74) is 5.80. The van der Waals surface area contributed by atoms with Crippen LogP contribution in [0.5, 0.6) is 0 Å². The number of hydrogen-bond donors (Lipinski definition) is 2. The first-order valence-corrected chi connectivity index (χ1v) is 4.68. The molecular formula is C9H12N4O2. The van der Waals surface area contributed by atoms with E-state index in [0.717, 1.165) is 12.8 Å². The summed E-state index contributed by atoms with van der Waals surface area (Å²) < 4.78 is 4.53. The highest BCUT2D eigenvalue weighted by Crippen LogP contribution is 2.23. The molecule has 80 valence electrons. The molecule has 1 aromatic heterocycles.